The van der Waals surface area contributed by atoms with Crippen LogP contribution in [-0.2, 0) is 0 Å². The van der Waals surface area contributed by atoms with Gasteiger partial charge in [-0.05, 0) is 6.07 Å². The van der Waals surface area contributed by atoms with Gasteiger partial charge in [0.25, 0.3) is 0 Å². The van der Waals surface area contributed by atoms with E-state index in [4.69, 9.17) is 4.74 Å². The van der Waals surface area contributed by atoms with Crippen molar-refractivity contribution in [1.29, 1.82) is 0 Å². The summed E-state index contributed by atoms with van der Waals surface area (Å²) in [5.41, 5.74) is 0.420. The summed E-state index contributed by atoms with van der Waals surface area (Å²) in [5.74, 6) is -1.13. The molecule has 0 aliphatic carbocycles. The zero-order chi connectivity index (χ0) is 12.4. The molecule has 88 valence electrons. The van der Waals surface area contributed by atoms with Crippen molar-refractivity contribution in [3.63, 3.8) is 0 Å². The van der Waals surface area contributed by atoms with E-state index < -0.39 is 11.6 Å². The molecule has 0 amide bonds. The molecular weight excluding hydrogens is 290 g/mol. The Labute approximate surface area is 106 Å². The van der Waals surface area contributed by atoms with E-state index >= 15 is 0 Å². The number of ether oxygens (including phenoxy) is 1. The van der Waals surface area contributed by atoms with Gasteiger partial charge in [-0.1, -0.05) is 34.1 Å². The number of rotatable bonds is 2. The van der Waals surface area contributed by atoms with Gasteiger partial charge in [-0.25, -0.2) is 8.78 Å². The monoisotopic (exact) mass is 298 g/mol. The highest BCUT2D eigenvalue weighted by Gasteiger charge is 2.15. The van der Waals surface area contributed by atoms with Gasteiger partial charge in [0.15, 0.2) is 0 Å². The Morgan fingerprint density at radius 2 is 1.65 bits per heavy atom. The van der Waals surface area contributed by atoms with E-state index in [9.17, 15) is 8.78 Å². The highest BCUT2D eigenvalue weighted by Crippen LogP contribution is 2.34. The minimum Gasteiger partial charge on any atom is -0.497 e. The number of benzene rings is 2. The van der Waals surface area contributed by atoms with Crippen LogP contribution in [0.4, 0.5) is 8.78 Å². The van der Waals surface area contributed by atoms with Crippen LogP contribution in [0.15, 0.2) is 40.9 Å². The van der Waals surface area contributed by atoms with Gasteiger partial charge in [-0.3, -0.25) is 0 Å². The van der Waals surface area contributed by atoms with Gasteiger partial charge in [0.1, 0.15) is 17.4 Å². The fourth-order valence-corrected chi connectivity index (χ4v) is 2.07. The van der Waals surface area contributed by atoms with Crippen molar-refractivity contribution in [2.75, 3.05) is 7.11 Å². The Kier molecular flexibility index (Phi) is 3.43. The second-order valence-electron chi connectivity index (χ2n) is 3.45. The predicted molar refractivity (Wildman–Crippen MR) is 66.0 cm³/mol. The highest BCUT2D eigenvalue weighted by molar-refractivity contribution is 9.10. The Balaban J connectivity index is 2.64. The van der Waals surface area contributed by atoms with Gasteiger partial charge in [0.05, 0.1) is 12.7 Å². The van der Waals surface area contributed by atoms with Gasteiger partial charge in [0, 0.05) is 22.2 Å². The molecule has 0 N–H and O–H groups in total. The maximum atomic E-state index is 13.8. The highest BCUT2D eigenvalue weighted by atomic mass is 79.9. The standard InChI is InChI=1S/C13H9BrF2O/c1-17-8-6-11(15)13(12(16)7-8)9-4-2-3-5-10(9)14/h2-7H,1H3. The summed E-state index contributed by atoms with van der Waals surface area (Å²) >= 11 is 3.27. The third kappa shape index (κ3) is 2.31. The van der Waals surface area contributed by atoms with Crippen molar-refractivity contribution >= 4 is 15.9 Å². The Morgan fingerprint density at radius 1 is 1.06 bits per heavy atom. The molecule has 0 heterocycles. The molecule has 0 saturated carbocycles. The number of hydrogen-bond donors (Lipinski definition) is 0. The minimum atomic E-state index is -0.645. The fourth-order valence-electron chi connectivity index (χ4n) is 1.59. The first-order valence-corrected chi connectivity index (χ1v) is 5.70. The van der Waals surface area contributed by atoms with E-state index in [-0.39, 0.29) is 11.3 Å². The summed E-state index contributed by atoms with van der Waals surface area (Å²) in [6.45, 7) is 0. The third-order valence-corrected chi connectivity index (χ3v) is 3.09. The van der Waals surface area contributed by atoms with Crippen molar-refractivity contribution in [2.45, 2.75) is 0 Å². The molecule has 2 rings (SSSR count). The second kappa shape index (κ2) is 4.84. The van der Waals surface area contributed by atoms with Gasteiger partial charge in [-0.15, -0.1) is 0 Å². The molecule has 0 atom stereocenters. The quantitative estimate of drug-likeness (QED) is 0.798. The summed E-state index contributed by atoms with van der Waals surface area (Å²) in [6, 6.07) is 9.22. The molecule has 17 heavy (non-hydrogen) atoms. The average molecular weight is 299 g/mol. The lowest BCUT2D eigenvalue weighted by Crippen LogP contribution is -1.93. The first-order chi connectivity index (χ1) is 8.13. The molecule has 0 bridgehead atoms. The summed E-state index contributed by atoms with van der Waals surface area (Å²) < 4.78 is 33.1. The zero-order valence-corrected chi connectivity index (χ0v) is 10.6. The molecule has 0 aliphatic heterocycles. The normalized spacial score (nSPS) is 10.4. The second-order valence-corrected chi connectivity index (χ2v) is 4.30. The molecule has 2 aromatic carbocycles. The van der Waals surface area contributed by atoms with Gasteiger partial charge in [0.2, 0.25) is 0 Å². The summed E-state index contributed by atoms with van der Waals surface area (Å²) in [6.07, 6.45) is 0. The molecule has 0 saturated heterocycles. The molecule has 1 nitrogen and oxygen atoms in total. The Morgan fingerprint density at radius 3 is 2.18 bits per heavy atom. The van der Waals surface area contributed by atoms with Gasteiger partial charge < -0.3 is 4.74 Å². The number of hydrogen-bond acceptors (Lipinski definition) is 1. The van der Waals surface area contributed by atoms with Crippen LogP contribution in [0.1, 0.15) is 0 Å². The molecule has 0 aliphatic rings. The number of methoxy groups -OCH3 is 1. The largest absolute Gasteiger partial charge is 0.497 e. The van der Waals surface area contributed by atoms with Crippen LogP contribution in [0, 0.1) is 11.6 Å². The lowest BCUT2D eigenvalue weighted by molar-refractivity contribution is 0.407. The lowest BCUT2D eigenvalue weighted by atomic mass is 10.0. The summed E-state index contributed by atoms with van der Waals surface area (Å²) in [7, 11) is 1.37. The van der Waals surface area contributed by atoms with Crippen molar-refractivity contribution in [3.05, 3.63) is 52.5 Å². The Hall–Kier alpha value is -1.42. The van der Waals surface area contributed by atoms with E-state index in [1.807, 2.05) is 0 Å². The average Bonchev–Trinajstić information content (AvgIpc) is 2.30. The van der Waals surface area contributed by atoms with E-state index in [2.05, 4.69) is 15.9 Å². The van der Waals surface area contributed by atoms with Crippen molar-refractivity contribution < 1.29 is 13.5 Å². The maximum Gasteiger partial charge on any atom is 0.137 e. The topological polar surface area (TPSA) is 9.23 Å². The smallest absolute Gasteiger partial charge is 0.137 e. The third-order valence-electron chi connectivity index (χ3n) is 2.39. The Bertz CT molecular complexity index is 532. The zero-order valence-electron chi connectivity index (χ0n) is 9.01. The molecule has 0 fully saturated rings. The predicted octanol–water partition coefficient (Wildman–Crippen LogP) is 4.40. The fraction of sp³-hybridized carbons (Fsp3) is 0.0769. The van der Waals surface area contributed by atoms with Crippen LogP contribution in [-0.4, -0.2) is 7.11 Å². The molecule has 0 unspecified atom stereocenters. The summed E-state index contributed by atoms with van der Waals surface area (Å²) in [4.78, 5) is 0. The summed E-state index contributed by atoms with van der Waals surface area (Å²) in [5, 5.41) is 0. The lowest BCUT2D eigenvalue weighted by Gasteiger charge is -2.09. The minimum absolute atomic E-state index is 0.0572. The van der Waals surface area contributed by atoms with Crippen LogP contribution < -0.4 is 4.74 Å². The van der Waals surface area contributed by atoms with Crippen LogP contribution in [0.5, 0.6) is 5.75 Å². The molecular formula is C13H9BrF2O. The molecule has 2 aromatic rings. The van der Waals surface area contributed by atoms with Gasteiger partial charge in [-0.2, -0.15) is 0 Å². The maximum absolute atomic E-state index is 13.8. The van der Waals surface area contributed by atoms with Crippen LogP contribution in [0.25, 0.3) is 11.1 Å². The SMILES string of the molecule is COc1cc(F)c(-c2ccccc2Br)c(F)c1. The van der Waals surface area contributed by atoms with E-state index in [0.29, 0.717) is 10.0 Å². The van der Waals surface area contributed by atoms with Crippen LogP contribution in [0.3, 0.4) is 0 Å². The number of halogens is 3. The van der Waals surface area contributed by atoms with Crippen molar-refractivity contribution in [3.8, 4) is 16.9 Å². The molecule has 0 spiro atoms. The van der Waals surface area contributed by atoms with E-state index in [1.54, 1.807) is 24.3 Å². The van der Waals surface area contributed by atoms with Crippen molar-refractivity contribution in [1.82, 2.24) is 0 Å². The van der Waals surface area contributed by atoms with Crippen LogP contribution >= 0.6 is 15.9 Å². The van der Waals surface area contributed by atoms with E-state index in [1.165, 1.54) is 7.11 Å². The van der Waals surface area contributed by atoms with E-state index in [0.717, 1.165) is 12.1 Å². The molecule has 4 heteroatoms. The first kappa shape index (κ1) is 12.0. The van der Waals surface area contributed by atoms with Gasteiger partial charge >= 0.3 is 0 Å². The first-order valence-electron chi connectivity index (χ1n) is 4.91. The molecule has 0 aromatic heterocycles. The molecule has 0 radical (unpaired) electrons. The van der Waals surface area contributed by atoms with Crippen molar-refractivity contribution in [2.24, 2.45) is 0 Å². The van der Waals surface area contributed by atoms with Crippen LogP contribution in [0.2, 0.25) is 0 Å².